The van der Waals surface area contributed by atoms with E-state index in [1.54, 1.807) is 4.68 Å². The van der Waals surface area contributed by atoms with Gasteiger partial charge in [0.15, 0.2) is 0 Å². The molecule has 1 N–H and O–H groups in total. The van der Waals surface area contributed by atoms with Crippen LogP contribution in [0.25, 0.3) is 0 Å². The molecule has 120 valence electrons. The highest BCUT2D eigenvalue weighted by atomic mass is 19.4. The van der Waals surface area contributed by atoms with Crippen molar-refractivity contribution >= 4 is 5.95 Å². The molecule has 1 spiro atoms. The molecule has 1 aliphatic heterocycles. The molecule has 1 fully saturated rings. The summed E-state index contributed by atoms with van der Waals surface area (Å²) < 4.78 is 40.6. The lowest BCUT2D eigenvalue weighted by Gasteiger charge is -2.45. The minimum absolute atomic E-state index is 0.273. The number of anilines is 1. The van der Waals surface area contributed by atoms with Crippen LogP contribution in [0.4, 0.5) is 19.1 Å². The van der Waals surface area contributed by atoms with Crippen LogP contribution < -0.4 is 5.32 Å². The molecular formula is C15H19F3N4. The van der Waals surface area contributed by atoms with Gasteiger partial charge in [-0.2, -0.15) is 18.2 Å². The van der Waals surface area contributed by atoms with Crippen molar-refractivity contribution in [1.82, 2.24) is 14.8 Å². The van der Waals surface area contributed by atoms with Crippen molar-refractivity contribution in [2.24, 2.45) is 0 Å². The highest BCUT2D eigenvalue weighted by molar-refractivity contribution is 5.47. The van der Waals surface area contributed by atoms with Crippen LogP contribution >= 0.6 is 0 Å². The van der Waals surface area contributed by atoms with E-state index in [2.05, 4.69) is 15.4 Å². The number of alkyl halides is 3. The zero-order chi connectivity index (χ0) is 15.4. The number of allylic oxidation sites excluding steroid dienone is 2. The number of aromatic nitrogens is 3. The number of hydrogen-bond donors (Lipinski definition) is 1. The maximum atomic E-state index is 13.0. The minimum Gasteiger partial charge on any atom is -0.328 e. The molecule has 1 saturated carbocycles. The fourth-order valence-corrected chi connectivity index (χ4v) is 4.28. The van der Waals surface area contributed by atoms with Gasteiger partial charge in [-0.05, 0) is 44.1 Å². The van der Waals surface area contributed by atoms with Crippen molar-refractivity contribution in [2.45, 2.75) is 69.5 Å². The average Bonchev–Trinajstić information content (AvgIpc) is 2.94. The standard InChI is InChI=1S/C15H19F3N4/c16-15(17,18)12-20-13-19-11-7-3-2-6-10(11)14(22(13)21-12)8-4-1-5-9-14/h1-9H2,(H,19,20,21). The Balaban J connectivity index is 1.86. The molecule has 4 nitrogen and oxygen atoms in total. The summed E-state index contributed by atoms with van der Waals surface area (Å²) in [6, 6.07) is 0. The van der Waals surface area contributed by atoms with E-state index >= 15 is 0 Å². The topological polar surface area (TPSA) is 42.7 Å². The molecular weight excluding hydrogens is 293 g/mol. The van der Waals surface area contributed by atoms with E-state index < -0.39 is 12.0 Å². The van der Waals surface area contributed by atoms with E-state index in [-0.39, 0.29) is 11.5 Å². The first-order valence-electron chi connectivity index (χ1n) is 8.05. The van der Waals surface area contributed by atoms with Gasteiger partial charge >= 0.3 is 6.18 Å². The third-order valence-corrected chi connectivity index (χ3v) is 5.24. The van der Waals surface area contributed by atoms with E-state index in [4.69, 9.17) is 0 Å². The fraction of sp³-hybridized carbons (Fsp3) is 0.733. The minimum atomic E-state index is -4.50. The molecule has 0 unspecified atom stereocenters. The molecule has 0 saturated heterocycles. The Bertz CT molecular complexity index is 623. The van der Waals surface area contributed by atoms with E-state index in [0.717, 1.165) is 63.5 Å². The number of fused-ring (bicyclic) bond motifs is 3. The van der Waals surface area contributed by atoms with Crippen molar-refractivity contribution in [3.8, 4) is 0 Å². The van der Waals surface area contributed by atoms with Gasteiger partial charge in [-0.1, -0.05) is 19.3 Å². The molecule has 3 aliphatic rings. The smallest absolute Gasteiger partial charge is 0.328 e. The summed E-state index contributed by atoms with van der Waals surface area (Å²) in [5.74, 6) is -0.755. The summed E-state index contributed by atoms with van der Waals surface area (Å²) in [6.07, 6.45) is 4.54. The molecule has 2 aliphatic carbocycles. The molecule has 7 heteroatoms. The average molecular weight is 312 g/mol. The van der Waals surface area contributed by atoms with Gasteiger partial charge in [0, 0.05) is 5.70 Å². The van der Waals surface area contributed by atoms with Crippen LogP contribution in [0, 0.1) is 0 Å². The molecule has 0 amide bonds. The second-order valence-corrected chi connectivity index (χ2v) is 6.55. The van der Waals surface area contributed by atoms with Gasteiger partial charge in [0.05, 0.1) is 5.54 Å². The lowest BCUT2D eigenvalue weighted by Crippen LogP contribution is -2.44. The lowest BCUT2D eigenvalue weighted by molar-refractivity contribution is -0.145. The van der Waals surface area contributed by atoms with Crippen LogP contribution in [0.2, 0.25) is 0 Å². The van der Waals surface area contributed by atoms with Gasteiger partial charge in [0.2, 0.25) is 5.95 Å². The van der Waals surface area contributed by atoms with Crippen molar-refractivity contribution in [3.05, 3.63) is 17.1 Å². The fourth-order valence-electron chi connectivity index (χ4n) is 4.28. The second kappa shape index (κ2) is 4.73. The van der Waals surface area contributed by atoms with Gasteiger partial charge in [0.25, 0.3) is 5.82 Å². The summed E-state index contributed by atoms with van der Waals surface area (Å²) >= 11 is 0. The highest BCUT2D eigenvalue weighted by Gasteiger charge is 2.47. The maximum Gasteiger partial charge on any atom is 0.453 e. The van der Waals surface area contributed by atoms with Gasteiger partial charge in [-0.15, -0.1) is 5.10 Å². The predicted octanol–water partition coefficient (Wildman–Crippen LogP) is 4.21. The van der Waals surface area contributed by atoms with E-state index in [1.807, 2.05) is 0 Å². The maximum absolute atomic E-state index is 13.0. The molecule has 0 atom stereocenters. The molecule has 1 aromatic heterocycles. The van der Waals surface area contributed by atoms with Gasteiger partial charge in [-0.25, -0.2) is 4.68 Å². The summed E-state index contributed by atoms with van der Waals surface area (Å²) in [5, 5.41) is 7.01. The predicted molar refractivity (Wildman–Crippen MR) is 75.2 cm³/mol. The van der Waals surface area contributed by atoms with E-state index in [0.29, 0.717) is 0 Å². The molecule has 4 rings (SSSR count). The zero-order valence-corrected chi connectivity index (χ0v) is 12.3. The molecule has 1 aromatic rings. The Morgan fingerprint density at radius 1 is 1.00 bits per heavy atom. The number of nitrogens with one attached hydrogen (secondary N) is 1. The zero-order valence-electron chi connectivity index (χ0n) is 12.3. The van der Waals surface area contributed by atoms with Crippen molar-refractivity contribution in [1.29, 1.82) is 0 Å². The van der Waals surface area contributed by atoms with Crippen LogP contribution in [0.5, 0.6) is 0 Å². The first-order valence-corrected chi connectivity index (χ1v) is 8.05. The third-order valence-electron chi connectivity index (χ3n) is 5.24. The first-order chi connectivity index (χ1) is 10.5. The molecule has 0 radical (unpaired) electrons. The van der Waals surface area contributed by atoms with Gasteiger partial charge < -0.3 is 5.32 Å². The van der Waals surface area contributed by atoms with Crippen LogP contribution in [-0.4, -0.2) is 14.8 Å². The Morgan fingerprint density at radius 3 is 2.45 bits per heavy atom. The van der Waals surface area contributed by atoms with Crippen molar-refractivity contribution in [3.63, 3.8) is 0 Å². The number of nitrogens with zero attached hydrogens (tertiary/aromatic N) is 3. The molecule has 0 aromatic carbocycles. The normalized spacial score (nSPS) is 24.0. The van der Waals surface area contributed by atoms with Crippen LogP contribution in [0.15, 0.2) is 11.3 Å². The number of rotatable bonds is 0. The SMILES string of the molecule is FC(F)(F)c1nc2n(n1)C1(CCCCC1)C1=C(CCCC1)N2. The molecule has 2 heterocycles. The van der Waals surface area contributed by atoms with Crippen molar-refractivity contribution < 1.29 is 13.2 Å². The van der Waals surface area contributed by atoms with Gasteiger partial charge in [0.1, 0.15) is 0 Å². The first kappa shape index (κ1) is 14.1. The summed E-state index contributed by atoms with van der Waals surface area (Å²) in [4.78, 5) is 3.74. The summed E-state index contributed by atoms with van der Waals surface area (Å²) in [5.41, 5.74) is 2.01. The van der Waals surface area contributed by atoms with Crippen LogP contribution in [0.3, 0.4) is 0 Å². The Kier molecular flexibility index (Phi) is 3.03. The van der Waals surface area contributed by atoms with Crippen LogP contribution in [0.1, 0.15) is 63.6 Å². The summed E-state index contributed by atoms with van der Waals surface area (Å²) in [6.45, 7) is 0. The van der Waals surface area contributed by atoms with Crippen molar-refractivity contribution in [2.75, 3.05) is 5.32 Å². The third kappa shape index (κ3) is 1.97. The Morgan fingerprint density at radius 2 is 1.73 bits per heavy atom. The Hall–Kier alpha value is -1.53. The summed E-state index contributed by atoms with van der Waals surface area (Å²) in [7, 11) is 0. The quantitative estimate of drug-likeness (QED) is 0.780. The Labute approximate surface area is 126 Å². The largest absolute Gasteiger partial charge is 0.453 e. The molecule has 22 heavy (non-hydrogen) atoms. The lowest BCUT2D eigenvalue weighted by atomic mass is 9.71. The van der Waals surface area contributed by atoms with Crippen LogP contribution in [-0.2, 0) is 11.7 Å². The highest BCUT2D eigenvalue weighted by Crippen LogP contribution is 2.50. The van der Waals surface area contributed by atoms with Gasteiger partial charge in [-0.3, -0.25) is 0 Å². The molecule has 0 bridgehead atoms. The van der Waals surface area contributed by atoms with E-state index in [9.17, 15) is 13.2 Å². The monoisotopic (exact) mass is 312 g/mol. The number of hydrogen-bond acceptors (Lipinski definition) is 3. The van der Waals surface area contributed by atoms with E-state index in [1.165, 1.54) is 5.57 Å². The second-order valence-electron chi connectivity index (χ2n) is 6.55. The number of halogens is 3.